The van der Waals surface area contributed by atoms with Gasteiger partial charge >= 0.3 is 5.97 Å². The molecule has 0 saturated carbocycles. The van der Waals surface area contributed by atoms with E-state index in [0.717, 1.165) is 33.2 Å². The van der Waals surface area contributed by atoms with Crippen LogP contribution in [-0.2, 0) is 9.53 Å². The summed E-state index contributed by atoms with van der Waals surface area (Å²) >= 11 is 12.2. The fraction of sp³-hybridized carbons (Fsp3) is 0.214. The van der Waals surface area contributed by atoms with Crippen molar-refractivity contribution in [2.75, 3.05) is 0 Å². The Balaban J connectivity index is 2.06. The molecule has 0 amide bonds. The number of aryl methyl sites for hydroxylation is 1. The summed E-state index contributed by atoms with van der Waals surface area (Å²) < 4.78 is 6.05. The molecule has 0 aliphatic heterocycles. The zero-order chi connectivity index (χ0) is 24.6. The normalized spacial score (nSPS) is 12.6. The number of rotatable bonds is 5. The Hall–Kier alpha value is -2.92. The van der Waals surface area contributed by atoms with Crippen LogP contribution >= 0.6 is 23.2 Å². The van der Waals surface area contributed by atoms with Gasteiger partial charge in [0, 0.05) is 26.7 Å². The van der Waals surface area contributed by atoms with Crippen LogP contribution in [0.3, 0.4) is 0 Å². The van der Waals surface area contributed by atoms with Gasteiger partial charge in [0.25, 0.3) is 0 Å². The molecule has 1 atom stereocenters. The fourth-order valence-electron chi connectivity index (χ4n) is 4.06. The zero-order valence-electron chi connectivity index (χ0n) is 19.4. The molecule has 1 N–H and O–H groups in total. The third-order valence-corrected chi connectivity index (χ3v) is 5.99. The van der Waals surface area contributed by atoms with Crippen molar-refractivity contribution in [3.8, 4) is 22.3 Å². The Morgan fingerprint density at radius 3 is 1.94 bits per heavy atom. The van der Waals surface area contributed by atoms with E-state index in [2.05, 4.69) is 0 Å². The molecule has 4 nitrogen and oxygen atoms in total. The highest BCUT2D eigenvalue weighted by molar-refractivity contribution is 6.31. The number of carbonyl (C=O) groups is 1. The molecule has 1 aromatic heterocycles. The molecule has 1 unspecified atom stereocenters. The summed E-state index contributed by atoms with van der Waals surface area (Å²) in [4.78, 5) is 17.2. The maximum Gasteiger partial charge on any atom is 0.337 e. The van der Waals surface area contributed by atoms with Crippen LogP contribution in [0.25, 0.3) is 33.2 Å². The predicted molar refractivity (Wildman–Crippen MR) is 139 cm³/mol. The molecule has 0 radical (unpaired) electrons. The van der Waals surface area contributed by atoms with Crippen LogP contribution in [0.1, 0.15) is 38.1 Å². The number of aliphatic carboxylic acids is 1. The third-order valence-electron chi connectivity index (χ3n) is 5.48. The van der Waals surface area contributed by atoms with E-state index in [9.17, 15) is 9.90 Å². The second-order valence-electron chi connectivity index (χ2n) is 9.18. The van der Waals surface area contributed by atoms with E-state index in [4.69, 9.17) is 32.9 Å². The van der Waals surface area contributed by atoms with E-state index >= 15 is 0 Å². The number of halogens is 2. The largest absolute Gasteiger partial charge is 0.479 e. The monoisotopic (exact) mass is 493 g/mol. The smallest absolute Gasteiger partial charge is 0.337 e. The van der Waals surface area contributed by atoms with Gasteiger partial charge in [0.15, 0.2) is 6.10 Å². The van der Waals surface area contributed by atoms with Crippen LogP contribution < -0.4 is 0 Å². The molecule has 1 heterocycles. The van der Waals surface area contributed by atoms with E-state index in [-0.39, 0.29) is 0 Å². The summed E-state index contributed by atoms with van der Waals surface area (Å²) in [5.74, 6) is -1.07. The molecule has 3 aromatic carbocycles. The molecule has 4 rings (SSSR count). The van der Waals surface area contributed by atoms with E-state index in [1.165, 1.54) is 0 Å². The van der Waals surface area contributed by atoms with Gasteiger partial charge in [0.1, 0.15) is 0 Å². The van der Waals surface area contributed by atoms with Crippen LogP contribution in [0.4, 0.5) is 0 Å². The highest BCUT2D eigenvalue weighted by Gasteiger charge is 2.32. The molecule has 6 heteroatoms. The van der Waals surface area contributed by atoms with Gasteiger partial charge in [-0.05, 0) is 86.3 Å². The van der Waals surface area contributed by atoms with Crippen molar-refractivity contribution in [1.82, 2.24) is 4.98 Å². The van der Waals surface area contributed by atoms with E-state index < -0.39 is 17.7 Å². The Kier molecular flexibility index (Phi) is 6.68. The summed E-state index contributed by atoms with van der Waals surface area (Å²) in [6, 6.07) is 21.0. The van der Waals surface area contributed by atoms with Crippen molar-refractivity contribution in [3.05, 3.63) is 88.0 Å². The molecule has 4 aromatic rings. The molecule has 174 valence electrons. The maximum absolute atomic E-state index is 12.4. The summed E-state index contributed by atoms with van der Waals surface area (Å²) in [5.41, 5.74) is 4.81. The first-order chi connectivity index (χ1) is 16.0. The van der Waals surface area contributed by atoms with Crippen molar-refractivity contribution in [2.24, 2.45) is 0 Å². The SMILES string of the molecule is Cc1nc2ccc(-c3ccc(Cl)cc3)cc2c(-c2ccc(Cl)cc2)c1C(OC(C)(C)C)C(=O)O. The molecular formula is C28H25Cl2NO3. The first-order valence-corrected chi connectivity index (χ1v) is 11.7. The summed E-state index contributed by atoms with van der Waals surface area (Å²) in [6.45, 7) is 7.34. The van der Waals surface area contributed by atoms with Gasteiger partial charge in [0.05, 0.1) is 11.1 Å². The molecule has 0 bridgehead atoms. The fourth-order valence-corrected chi connectivity index (χ4v) is 4.31. The first-order valence-electron chi connectivity index (χ1n) is 10.9. The number of aromatic nitrogens is 1. The standard InChI is InChI=1S/C28H25Cl2NO3/c1-16-24(26(27(32)33)34-28(2,3)4)25(18-7-12-21(30)13-8-18)22-15-19(9-14-23(22)31-16)17-5-10-20(29)11-6-17/h5-15,26H,1-4H3,(H,32,33). The Morgan fingerprint density at radius 1 is 0.882 bits per heavy atom. The van der Waals surface area contributed by atoms with Crippen LogP contribution in [-0.4, -0.2) is 21.7 Å². The van der Waals surface area contributed by atoms with Gasteiger partial charge in [-0.25, -0.2) is 4.79 Å². The number of pyridine rings is 1. The molecule has 0 aliphatic carbocycles. The second-order valence-corrected chi connectivity index (χ2v) is 10.1. The minimum atomic E-state index is -1.19. The average molecular weight is 494 g/mol. The van der Waals surface area contributed by atoms with Crippen LogP contribution in [0.2, 0.25) is 10.0 Å². The summed E-state index contributed by atoms with van der Waals surface area (Å²) in [5, 5.41) is 12.3. The van der Waals surface area contributed by atoms with Crippen molar-refractivity contribution >= 4 is 40.1 Å². The van der Waals surface area contributed by atoms with Gasteiger partial charge in [-0.1, -0.05) is 53.5 Å². The molecule has 0 fully saturated rings. The quantitative estimate of drug-likeness (QED) is 0.304. The number of carboxylic acids is 1. The predicted octanol–water partition coefficient (Wildman–Crippen LogP) is 8.12. The average Bonchev–Trinajstić information content (AvgIpc) is 2.77. The second kappa shape index (κ2) is 9.38. The molecule has 0 saturated heterocycles. The van der Waals surface area contributed by atoms with Gasteiger partial charge < -0.3 is 9.84 Å². The van der Waals surface area contributed by atoms with Crippen molar-refractivity contribution < 1.29 is 14.6 Å². The lowest BCUT2D eigenvalue weighted by Gasteiger charge is -2.28. The van der Waals surface area contributed by atoms with E-state index in [1.807, 2.05) is 82.3 Å². The maximum atomic E-state index is 12.4. The van der Waals surface area contributed by atoms with Crippen molar-refractivity contribution in [2.45, 2.75) is 39.4 Å². The molecule has 34 heavy (non-hydrogen) atoms. The highest BCUT2D eigenvalue weighted by Crippen LogP contribution is 2.40. The number of carboxylic acid groups (broad SMARTS) is 1. The Bertz CT molecular complexity index is 1360. The minimum Gasteiger partial charge on any atom is -0.479 e. The number of ether oxygens (including phenoxy) is 1. The van der Waals surface area contributed by atoms with Crippen molar-refractivity contribution in [3.63, 3.8) is 0 Å². The van der Waals surface area contributed by atoms with Gasteiger partial charge in [0.2, 0.25) is 0 Å². The van der Waals surface area contributed by atoms with Gasteiger partial charge in [-0.15, -0.1) is 0 Å². The lowest BCUT2D eigenvalue weighted by Crippen LogP contribution is -2.28. The first kappa shape index (κ1) is 24.2. The Labute approximate surface area is 209 Å². The van der Waals surface area contributed by atoms with E-state index in [0.29, 0.717) is 21.3 Å². The number of nitrogens with zero attached hydrogens (tertiary/aromatic N) is 1. The highest BCUT2D eigenvalue weighted by atomic mass is 35.5. The van der Waals surface area contributed by atoms with Gasteiger partial charge in [-0.3, -0.25) is 4.98 Å². The topological polar surface area (TPSA) is 59.4 Å². The van der Waals surface area contributed by atoms with Gasteiger partial charge in [-0.2, -0.15) is 0 Å². The summed E-state index contributed by atoms with van der Waals surface area (Å²) in [6.07, 6.45) is -1.19. The molecule has 0 aliphatic rings. The number of hydrogen-bond acceptors (Lipinski definition) is 3. The zero-order valence-corrected chi connectivity index (χ0v) is 20.9. The Morgan fingerprint density at radius 2 is 1.41 bits per heavy atom. The van der Waals surface area contributed by atoms with Crippen LogP contribution in [0.15, 0.2) is 66.7 Å². The number of hydrogen-bond donors (Lipinski definition) is 1. The summed E-state index contributed by atoms with van der Waals surface area (Å²) in [7, 11) is 0. The number of benzene rings is 3. The van der Waals surface area contributed by atoms with Crippen LogP contribution in [0.5, 0.6) is 0 Å². The van der Waals surface area contributed by atoms with Crippen LogP contribution in [0, 0.1) is 6.92 Å². The number of fused-ring (bicyclic) bond motifs is 1. The molecular weight excluding hydrogens is 469 g/mol. The lowest BCUT2D eigenvalue weighted by molar-refractivity contribution is -0.160. The lowest BCUT2D eigenvalue weighted by atomic mass is 9.89. The minimum absolute atomic E-state index is 0.533. The molecule has 0 spiro atoms. The van der Waals surface area contributed by atoms with E-state index in [1.54, 1.807) is 12.1 Å². The third kappa shape index (κ3) is 5.10. The van der Waals surface area contributed by atoms with Crippen molar-refractivity contribution in [1.29, 1.82) is 0 Å².